The molecule has 6 rings (SSSR count). The van der Waals surface area contributed by atoms with E-state index < -0.39 is 15.9 Å². The first-order valence-electron chi connectivity index (χ1n) is 12.3. The Balaban J connectivity index is 1.27. The van der Waals surface area contributed by atoms with Gasteiger partial charge in [0.25, 0.3) is 5.91 Å². The maximum atomic E-state index is 12.5. The van der Waals surface area contributed by atoms with Crippen molar-refractivity contribution in [3.05, 3.63) is 59.7 Å². The van der Waals surface area contributed by atoms with Crippen LogP contribution in [0, 0.1) is 17.8 Å². The van der Waals surface area contributed by atoms with Crippen LogP contribution in [-0.4, -0.2) is 40.4 Å². The minimum absolute atomic E-state index is 0.245. The Kier molecular flexibility index (Phi) is 6.34. The van der Waals surface area contributed by atoms with Crippen LogP contribution in [0.2, 0.25) is 0 Å². The fourth-order valence-electron chi connectivity index (χ4n) is 6.91. The lowest BCUT2D eigenvalue weighted by atomic mass is 9.48. The van der Waals surface area contributed by atoms with Gasteiger partial charge in [0.2, 0.25) is 10.0 Å². The number of nitrogens with one attached hydrogen (secondary N) is 1. The second kappa shape index (κ2) is 9.30. The molecule has 4 saturated carbocycles. The number of anilines is 1. The number of rotatable bonds is 8. The van der Waals surface area contributed by atoms with Gasteiger partial charge in [-0.2, -0.15) is 5.10 Å². The second-order valence-electron chi connectivity index (χ2n) is 10.6. The summed E-state index contributed by atoms with van der Waals surface area (Å²) in [7, 11) is -2.08. The molecule has 0 aliphatic heterocycles. The molecule has 4 aliphatic carbocycles. The van der Waals surface area contributed by atoms with Gasteiger partial charge in [-0.1, -0.05) is 24.3 Å². The molecule has 0 spiro atoms. The fraction of sp³-hybridized carbons (Fsp3) is 0.481. The van der Waals surface area contributed by atoms with Gasteiger partial charge in [-0.25, -0.2) is 13.8 Å². The van der Waals surface area contributed by atoms with Crippen molar-refractivity contribution < 1.29 is 17.9 Å². The Hall–Kier alpha value is -2.87. The van der Waals surface area contributed by atoms with Crippen LogP contribution in [0.5, 0.6) is 5.75 Å². The van der Waals surface area contributed by atoms with Crippen molar-refractivity contribution >= 4 is 27.8 Å². The first-order valence-corrected chi connectivity index (χ1v) is 14.1. The van der Waals surface area contributed by atoms with E-state index in [2.05, 4.69) is 22.7 Å². The minimum Gasteiger partial charge on any atom is -0.497 e. The number of carbonyl (C=O) groups excluding carboxylic acids is 1. The van der Waals surface area contributed by atoms with Crippen molar-refractivity contribution in [1.29, 1.82) is 0 Å². The van der Waals surface area contributed by atoms with Crippen molar-refractivity contribution in [2.75, 3.05) is 24.2 Å². The van der Waals surface area contributed by atoms with E-state index in [1.807, 2.05) is 30.3 Å². The molecular weight excluding hydrogens is 462 g/mol. The van der Waals surface area contributed by atoms with Gasteiger partial charge in [-0.15, -0.1) is 0 Å². The maximum absolute atomic E-state index is 12.5. The first kappa shape index (κ1) is 23.9. The monoisotopic (exact) mass is 495 g/mol. The Labute approximate surface area is 207 Å². The predicted molar refractivity (Wildman–Crippen MR) is 137 cm³/mol. The van der Waals surface area contributed by atoms with Crippen LogP contribution in [0.3, 0.4) is 0 Å². The Morgan fingerprint density at radius 3 is 2.29 bits per heavy atom. The standard InChI is InChI=1S/C27H33N3O4S/c1-34-25-5-3-4-19(13-25)17-28-29-26(31)18-30(35(2,32)33)24-8-6-23(7-9-24)27-14-20-10-21(15-27)12-22(11-20)16-27/h3-9,13,17,20-22H,10-12,14-16,18H2,1-2H3,(H,29,31). The third-order valence-corrected chi connectivity index (χ3v) is 9.13. The number of nitrogens with zero attached hydrogens (tertiary/aromatic N) is 2. The summed E-state index contributed by atoms with van der Waals surface area (Å²) in [6, 6.07) is 15.1. The number of carbonyl (C=O) groups is 1. The van der Waals surface area contributed by atoms with Crippen molar-refractivity contribution in [2.45, 2.75) is 43.9 Å². The number of hydrogen-bond donors (Lipinski definition) is 1. The number of benzene rings is 2. The van der Waals surface area contributed by atoms with Crippen LogP contribution < -0.4 is 14.5 Å². The zero-order chi connectivity index (χ0) is 24.6. The lowest BCUT2D eigenvalue weighted by molar-refractivity contribution is -0.119. The summed E-state index contributed by atoms with van der Waals surface area (Å²) >= 11 is 0. The highest BCUT2D eigenvalue weighted by Gasteiger charge is 2.51. The summed E-state index contributed by atoms with van der Waals surface area (Å²) in [4.78, 5) is 12.5. The van der Waals surface area contributed by atoms with Crippen molar-refractivity contribution in [2.24, 2.45) is 22.9 Å². The molecule has 4 bridgehead atoms. The van der Waals surface area contributed by atoms with Crippen LogP contribution in [0.4, 0.5) is 5.69 Å². The normalized spacial score (nSPS) is 27.2. The van der Waals surface area contributed by atoms with Crippen LogP contribution >= 0.6 is 0 Å². The first-order chi connectivity index (χ1) is 16.7. The van der Waals surface area contributed by atoms with Crippen molar-refractivity contribution in [3.8, 4) is 5.75 Å². The molecule has 8 heteroatoms. The summed E-state index contributed by atoms with van der Waals surface area (Å²) in [6.07, 6.45) is 10.5. The predicted octanol–water partition coefficient (Wildman–Crippen LogP) is 4.08. The molecule has 0 atom stereocenters. The van der Waals surface area contributed by atoms with Gasteiger partial charge in [0.1, 0.15) is 12.3 Å². The van der Waals surface area contributed by atoms with Gasteiger partial charge in [-0.05, 0) is 97.1 Å². The number of hydrazone groups is 1. The molecule has 0 saturated heterocycles. The van der Waals surface area contributed by atoms with Gasteiger partial charge < -0.3 is 4.74 Å². The summed E-state index contributed by atoms with van der Waals surface area (Å²) in [5.41, 5.74) is 5.24. The maximum Gasteiger partial charge on any atom is 0.260 e. The van der Waals surface area contributed by atoms with Gasteiger partial charge in [0, 0.05) is 0 Å². The molecule has 4 fully saturated rings. The molecule has 0 heterocycles. The molecule has 2 aromatic carbocycles. The van der Waals surface area contributed by atoms with Gasteiger partial charge >= 0.3 is 0 Å². The van der Waals surface area contributed by atoms with E-state index in [9.17, 15) is 13.2 Å². The second-order valence-corrected chi connectivity index (χ2v) is 12.5. The van der Waals surface area contributed by atoms with Crippen LogP contribution in [0.1, 0.15) is 49.7 Å². The summed E-state index contributed by atoms with van der Waals surface area (Å²) in [5.74, 6) is 2.69. The average Bonchev–Trinajstić information content (AvgIpc) is 2.81. The lowest BCUT2D eigenvalue weighted by Gasteiger charge is -2.57. The highest BCUT2D eigenvalue weighted by Crippen LogP contribution is 2.60. The van der Waals surface area contributed by atoms with E-state index in [-0.39, 0.29) is 12.0 Å². The van der Waals surface area contributed by atoms with Gasteiger partial charge in [0.15, 0.2) is 0 Å². The van der Waals surface area contributed by atoms with Gasteiger partial charge in [-0.3, -0.25) is 9.10 Å². The number of amides is 1. The Bertz CT molecular complexity index is 1190. The fourth-order valence-corrected chi connectivity index (χ4v) is 7.77. The molecule has 1 N–H and O–H groups in total. The molecule has 7 nitrogen and oxygen atoms in total. The molecule has 1 amide bonds. The minimum atomic E-state index is -3.65. The third-order valence-electron chi connectivity index (χ3n) is 7.99. The summed E-state index contributed by atoms with van der Waals surface area (Å²) in [5, 5.41) is 3.96. The third kappa shape index (κ3) is 5.08. The van der Waals surface area contributed by atoms with E-state index in [0.717, 1.165) is 33.9 Å². The number of ether oxygens (including phenoxy) is 1. The topological polar surface area (TPSA) is 88.1 Å². The van der Waals surface area contributed by atoms with E-state index in [0.29, 0.717) is 11.4 Å². The molecular formula is C27H33N3O4S. The highest BCUT2D eigenvalue weighted by atomic mass is 32.2. The average molecular weight is 496 g/mol. The van der Waals surface area contributed by atoms with Crippen LogP contribution in [0.25, 0.3) is 0 Å². The largest absolute Gasteiger partial charge is 0.497 e. The summed E-state index contributed by atoms with van der Waals surface area (Å²) < 4.78 is 31.4. The lowest BCUT2D eigenvalue weighted by Crippen LogP contribution is -2.48. The summed E-state index contributed by atoms with van der Waals surface area (Å²) in [6.45, 7) is -0.342. The van der Waals surface area contributed by atoms with Gasteiger partial charge in [0.05, 0.1) is 25.3 Å². The Morgan fingerprint density at radius 1 is 1.09 bits per heavy atom. The van der Waals surface area contributed by atoms with E-state index in [1.165, 1.54) is 50.3 Å². The molecule has 0 aromatic heterocycles. The number of methoxy groups -OCH3 is 1. The number of sulfonamides is 1. The van der Waals surface area contributed by atoms with E-state index in [1.54, 1.807) is 13.2 Å². The quantitative estimate of drug-likeness (QED) is 0.442. The van der Waals surface area contributed by atoms with Crippen LogP contribution in [0.15, 0.2) is 53.6 Å². The molecule has 4 aliphatic rings. The van der Waals surface area contributed by atoms with Crippen molar-refractivity contribution in [3.63, 3.8) is 0 Å². The number of hydrogen-bond acceptors (Lipinski definition) is 5. The smallest absolute Gasteiger partial charge is 0.260 e. The highest BCUT2D eigenvalue weighted by molar-refractivity contribution is 7.92. The van der Waals surface area contributed by atoms with E-state index >= 15 is 0 Å². The zero-order valence-electron chi connectivity index (χ0n) is 20.3. The molecule has 0 radical (unpaired) electrons. The molecule has 186 valence electrons. The molecule has 2 aromatic rings. The van der Waals surface area contributed by atoms with Crippen molar-refractivity contribution in [1.82, 2.24) is 5.43 Å². The van der Waals surface area contributed by atoms with E-state index in [4.69, 9.17) is 4.74 Å². The Morgan fingerprint density at radius 2 is 1.71 bits per heavy atom. The SMILES string of the molecule is COc1cccc(C=NNC(=O)CN(c2ccc(C34CC5CC(CC(C5)C3)C4)cc2)S(C)(=O)=O)c1. The van der Waals surface area contributed by atoms with Crippen LogP contribution in [-0.2, 0) is 20.2 Å². The zero-order valence-corrected chi connectivity index (χ0v) is 21.1. The molecule has 0 unspecified atom stereocenters. The molecule has 35 heavy (non-hydrogen) atoms.